The molecule has 0 saturated heterocycles. The molecule has 2 nitrogen and oxygen atoms in total. The van der Waals surface area contributed by atoms with Crippen LogP contribution in [0, 0.1) is 11.8 Å². The van der Waals surface area contributed by atoms with Gasteiger partial charge in [0, 0.05) is 17.1 Å². The molecule has 0 aliphatic carbocycles. The molecule has 0 atom stereocenters. The summed E-state index contributed by atoms with van der Waals surface area (Å²) in [7, 11) is 0. The van der Waals surface area contributed by atoms with E-state index >= 15 is 0 Å². The Balaban J connectivity index is 2.38. The van der Waals surface area contributed by atoms with E-state index < -0.39 is 0 Å². The highest BCUT2D eigenvalue weighted by Gasteiger charge is 2.04. The minimum absolute atomic E-state index is 0.0557. The quantitative estimate of drug-likeness (QED) is 0.562. The van der Waals surface area contributed by atoms with Crippen molar-refractivity contribution in [3.63, 3.8) is 0 Å². The predicted molar refractivity (Wildman–Crippen MR) is 64.1 cm³/mol. The molecule has 0 N–H and O–H groups in total. The van der Waals surface area contributed by atoms with Gasteiger partial charge in [0.25, 0.3) is 0 Å². The van der Waals surface area contributed by atoms with Gasteiger partial charge in [-0.05, 0) is 31.2 Å². The number of carbonyl (C=O) groups is 1. The Morgan fingerprint density at radius 2 is 2.25 bits per heavy atom. The van der Waals surface area contributed by atoms with Gasteiger partial charge in [-0.3, -0.25) is 9.78 Å². The number of rotatable bonds is 2. The second-order valence-corrected chi connectivity index (χ2v) is 3.44. The summed E-state index contributed by atoms with van der Waals surface area (Å²) in [6.45, 7) is 1.73. The van der Waals surface area contributed by atoms with E-state index in [9.17, 15) is 4.79 Å². The van der Waals surface area contributed by atoms with Gasteiger partial charge < -0.3 is 0 Å². The monoisotopic (exact) mass is 209 g/mol. The minimum atomic E-state index is 0.0557. The number of aromatic nitrogens is 1. The molecule has 0 bridgehead atoms. The van der Waals surface area contributed by atoms with Crippen LogP contribution in [0.2, 0.25) is 0 Å². The van der Waals surface area contributed by atoms with Crippen LogP contribution in [0.1, 0.15) is 23.7 Å². The first-order chi connectivity index (χ1) is 7.81. The van der Waals surface area contributed by atoms with Gasteiger partial charge in [-0.2, -0.15) is 0 Å². The van der Waals surface area contributed by atoms with Crippen molar-refractivity contribution in [2.24, 2.45) is 0 Å². The van der Waals surface area contributed by atoms with Crippen molar-refractivity contribution in [2.75, 3.05) is 0 Å². The predicted octanol–water partition coefficient (Wildman–Crippen LogP) is 2.83. The topological polar surface area (TPSA) is 30.0 Å². The Morgan fingerprint density at radius 1 is 1.38 bits per heavy atom. The van der Waals surface area contributed by atoms with E-state index in [-0.39, 0.29) is 12.2 Å². The van der Waals surface area contributed by atoms with Gasteiger partial charge in [-0.1, -0.05) is 12.0 Å². The van der Waals surface area contributed by atoms with Crippen molar-refractivity contribution in [3.8, 4) is 11.8 Å². The van der Waals surface area contributed by atoms with E-state index in [1.54, 1.807) is 19.2 Å². The van der Waals surface area contributed by atoms with Crippen molar-refractivity contribution in [2.45, 2.75) is 13.3 Å². The van der Waals surface area contributed by atoms with E-state index in [1.165, 1.54) is 0 Å². The van der Waals surface area contributed by atoms with Crippen LogP contribution in [-0.4, -0.2) is 10.8 Å². The van der Waals surface area contributed by atoms with Crippen LogP contribution in [0.3, 0.4) is 0 Å². The third kappa shape index (κ3) is 2.09. The molecule has 0 unspecified atom stereocenters. The molecule has 1 heterocycles. The molecular formula is C14H11NO. The molecule has 2 aromatic rings. The van der Waals surface area contributed by atoms with Gasteiger partial charge in [0.15, 0.2) is 5.78 Å². The fraction of sp³-hybridized carbons (Fsp3) is 0.143. The summed E-state index contributed by atoms with van der Waals surface area (Å²) in [6.07, 6.45) is 2.02. The highest BCUT2D eigenvalue weighted by atomic mass is 16.1. The zero-order chi connectivity index (χ0) is 11.4. The molecule has 0 amide bonds. The molecule has 0 spiro atoms. The first-order valence-corrected chi connectivity index (χ1v) is 5.09. The SMILES string of the molecule is CC#CCC(=O)c1ccc2ncccc2c1. The van der Waals surface area contributed by atoms with Crippen LogP contribution in [-0.2, 0) is 0 Å². The van der Waals surface area contributed by atoms with E-state index in [0.29, 0.717) is 5.56 Å². The highest BCUT2D eigenvalue weighted by molar-refractivity contribution is 6.00. The number of fused-ring (bicyclic) bond motifs is 1. The average molecular weight is 209 g/mol. The summed E-state index contributed by atoms with van der Waals surface area (Å²) in [5.41, 5.74) is 1.60. The summed E-state index contributed by atoms with van der Waals surface area (Å²) < 4.78 is 0. The van der Waals surface area contributed by atoms with Crippen molar-refractivity contribution in [1.82, 2.24) is 4.98 Å². The van der Waals surface area contributed by atoms with Gasteiger partial charge in [-0.15, -0.1) is 5.92 Å². The summed E-state index contributed by atoms with van der Waals surface area (Å²) in [5, 5.41) is 0.984. The molecule has 0 radical (unpaired) electrons. The van der Waals surface area contributed by atoms with Gasteiger partial charge in [-0.25, -0.2) is 0 Å². The zero-order valence-corrected chi connectivity index (χ0v) is 9.03. The lowest BCUT2D eigenvalue weighted by Crippen LogP contribution is -1.97. The number of benzene rings is 1. The maximum Gasteiger partial charge on any atom is 0.174 e. The number of hydrogen-bond donors (Lipinski definition) is 0. The van der Waals surface area contributed by atoms with Crippen molar-refractivity contribution >= 4 is 16.7 Å². The third-order valence-corrected chi connectivity index (χ3v) is 2.35. The molecule has 1 aromatic heterocycles. The summed E-state index contributed by atoms with van der Waals surface area (Å²) in [5.74, 6) is 5.56. The molecule has 0 fully saturated rings. The van der Waals surface area contributed by atoms with Gasteiger partial charge >= 0.3 is 0 Å². The second-order valence-electron chi connectivity index (χ2n) is 3.44. The Hall–Kier alpha value is -2.14. The van der Waals surface area contributed by atoms with Crippen molar-refractivity contribution in [3.05, 3.63) is 42.1 Å². The molecule has 1 aromatic carbocycles. The molecule has 16 heavy (non-hydrogen) atoms. The normalized spacial score (nSPS) is 9.56. The number of ketones is 1. The first-order valence-electron chi connectivity index (χ1n) is 5.09. The molecule has 78 valence electrons. The van der Waals surface area contributed by atoms with Crippen LogP contribution in [0.15, 0.2) is 36.5 Å². The van der Waals surface area contributed by atoms with E-state index in [2.05, 4.69) is 16.8 Å². The smallest absolute Gasteiger partial charge is 0.174 e. The van der Waals surface area contributed by atoms with Crippen LogP contribution >= 0.6 is 0 Å². The molecular weight excluding hydrogens is 198 g/mol. The number of nitrogens with zero attached hydrogens (tertiary/aromatic N) is 1. The van der Waals surface area contributed by atoms with Crippen LogP contribution < -0.4 is 0 Å². The maximum atomic E-state index is 11.7. The Bertz CT molecular complexity index is 590. The average Bonchev–Trinajstić information content (AvgIpc) is 2.35. The van der Waals surface area contributed by atoms with E-state index in [0.717, 1.165) is 10.9 Å². The van der Waals surface area contributed by atoms with E-state index in [4.69, 9.17) is 0 Å². The van der Waals surface area contributed by atoms with Gasteiger partial charge in [0.1, 0.15) is 0 Å². The molecule has 0 aliphatic heterocycles. The minimum Gasteiger partial charge on any atom is -0.293 e. The second kappa shape index (κ2) is 4.59. The first kappa shape index (κ1) is 10.4. The molecule has 0 aliphatic rings. The Labute approximate surface area is 94.3 Å². The summed E-state index contributed by atoms with van der Waals surface area (Å²) >= 11 is 0. The van der Waals surface area contributed by atoms with Gasteiger partial charge in [0.05, 0.1) is 11.9 Å². The standard InChI is InChI=1S/C14H11NO/c1-2-3-6-14(16)12-7-8-13-11(10-12)5-4-9-15-13/h4-5,7-10H,6H2,1H3. The largest absolute Gasteiger partial charge is 0.293 e. The lowest BCUT2D eigenvalue weighted by atomic mass is 10.1. The number of carbonyl (C=O) groups excluding carboxylic acids is 1. The number of hydrogen-bond acceptors (Lipinski definition) is 2. The fourth-order valence-corrected chi connectivity index (χ4v) is 1.52. The molecule has 0 saturated carbocycles. The fourth-order valence-electron chi connectivity index (χ4n) is 1.52. The zero-order valence-electron chi connectivity index (χ0n) is 9.03. The third-order valence-electron chi connectivity index (χ3n) is 2.35. The summed E-state index contributed by atoms with van der Waals surface area (Å²) in [6, 6.07) is 9.34. The highest BCUT2D eigenvalue weighted by Crippen LogP contribution is 2.14. The Morgan fingerprint density at radius 3 is 3.06 bits per heavy atom. The molecule has 2 rings (SSSR count). The maximum absolute atomic E-state index is 11.7. The van der Waals surface area contributed by atoms with Crippen molar-refractivity contribution in [1.29, 1.82) is 0 Å². The number of pyridine rings is 1. The van der Waals surface area contributed by atoms with Gasteiger partial charge in [0.2, 0.25) is 0 Å². The van der Waals surface area contributed by atoms with Crippen molar-refractivity contribution < 1.29 is 4.79 Å². The van der Waals surface area contributed by atoms with Crippen LogP contribution in [0.5, 0.6) is 0 Å². The van der Waals surface area contributed by atoms with Crippen LogP contribution in [0.4, 0.5) is 0 Å². The molecule has 2 heteroatoms. The Kier molecular flexibility index (Phi) is 2.98. The lowest BCUT2D eigenvalue weighted by Gasteiger charge is -2.00. The number of Topliss-reactive ketones (excluding diaryl/α,β-unsaturated/α-hetero) is 1. The lowest BCUT2D eigenvalue weighted by molar-refractivity contribution is 0.0998. The van der Waals surface area contributed by atoms with Crippen LogP contribution in [0.25, 0.3) is 10.9 Å². The summed E-state index contributed by atoms with van der Waals surface area (Å²) in [4.78, 5) is 15.9. The van der Waals surface area contributed by atoms with E-state index in [1.807, 2.05) is 24.3 Å².